The molecule has 0 spiro atoms. The summed E-state index contributed by atoms with van der Waals surface area (Å²) in [5.74, 6) is 1.02. The number of nitrogens with zero attached hydrogens (tertiary/aromatic N) is 3. The Hall–Kier alpha value is -1.39. The molecule has 4 heteroatoms. The number of rotatable bonds is 3. The Labute approximate surface area is 95.1 Å². The van der Waals surface area contributed by atoms with Crippen molar-refractivity contribution in [3.8, 4) is 0 Å². The van der Waals surface area contributed by atoms with Crippen LogP contribution in [0, 0.1) is 6.92 Å². The number of benzene rings is 1. The Kier molecular flexibility index (Phi) is 2.94. The average molecular weight is 219 g/mol. The summed E-state index contributed by atoms with van der Waals surface area (Å²) in [4.78, 5) is 6.33. The van der Waals surface area contributed by atoms with Crippen molar-refractivity contribution in [2.24, 2.45) is 7.05 Å². The first-order valence-corrected chi connectivity index (χ1v) is 5.33. The van der Waals surface area contributed by atoms with Gasteiger partial charge in [-0.05, 0) is 31.7 Å². The largest absolute Gasteiger partial charge is 0.381 e. The number of aromatic nitrogens is 2. The highest BCUT2D eigenvalue weighted by Gasteiger charge is 2.05. The van der Waals surface area contributed by atoms with Gasteiger partial charge in [0, 0.05) is 13.6 Å². The fourth-order valence-corrected chi connectivity index (χ4v) is 1.83. The van der Waals surface area contributed by atoms with Gasteiger partial charge in [0.2, 0.25) is 0 Å². The van der Waals surface area contributed by atoms with Crippen molar-refractivity contribution in [1.82, 2.24) is 14.5 Å². The van der Waals surface area contributed by atoms with Gasteiger partial charge < -0.3 is 9.67 Å². The monoisotopic (exact) mass is 219 g/mol. The molecule has 0 aliphatic rings. The molecule has 0 bridgehead atoms. The van der Waals surface area contributed by atoms with E-state index in [-0.39, 0.29) is 6.73 Å². The van der Waals surface area contributed by atoms with E-state index in [4.69, 9.17) is 5.11 Å². The second kappa shape index (κ2) is 4.23. The van der Waals surface area contributed by atoms with Crippen LogP contribution in [0.15, 0.2) is 18.2 Å². The number of imidazole rings is 1. The third kappa shape index (κ3) is 1.94. The van der Waals surface area contributed by atoms with Crippen molar-refractivity contribution in [2.75, 3.05) is 13.8 Å². The molecule has 0 unspecified atom stereocenters. The van der Waals surface area contributed by atoms with Crippen molar-refractivity contribution < 1.29 is 5.11 Å². The fourth-order valence-electron chi connectivity index (χ4n) is 1.83. The Morgan fingerprint density at radius 1 is 1.44 bits per heavy atom. The van der Waals surface area contributed by atoms with Crippen LogP contribution in [-0.2, 0) is 13.6 Å². The smallest absolute Gasteiger partial charge is 0.106 e. The quantitative estimate of drug-likeness (QED) is 0.790. The predicted octanol–water partition coefficient (Wildman–Crippen LogP) is 1.26. The molecule has 2 aromatic rings. The molecule has 0 radical (unpaired) electrons. The molecule has 2 rings (SSSR count). The molecule has 1 heterocycles. The number of aliphatic hydroxyl groups is 1. The van der Waals surface area contributed by atoms with Gasteiger partial charge >= 0.3 is 0 Å². The Balaban J connectivity index is 2.37. The topological polar surface area (TPSA) is 41.3 Å². The number of aliphatic hydroxyl groups excluding tert-OH is 1. The highest BCUT2D eigenvalue weighted by molar-refractivity contribution is 5.76. The second-order valence-electron chi connectivity index (χ2n) is 4.20. The van der Waals surface area contributed by atoms with Gasteiger partial charge in [-0.1, -0.05) is 6.07 Å². The van der Waals surface area contributed by atoms with Gasteiger partial charge in [-0.2, -0.15) is 0 Å². The first-order chi connectivity index (χ1) is 7.61. The molecule has 1 aromatic carbocycles. The molecule has 0 aliphatic heterocycles. The molecule has 0 saturated carbocycles. The van der Waals surface area contributed by atoms with Crippen LogP contribution in [0.2, 0.25) is 0 Å². The van der Waals surface area contributed by atoms with Crippen LogP contribution in [0.1, 0.15) is 11.4 Å². The number of fused-ring (bicyclic) bond motifs is 1. The Morgan fingerprint density at radius 3 is 2.88 bits per heavy atom. The lowest BCUT2D eigenvalue weighted by Gasteiger charge is -2.12. The van der Waals surface area contributed by atoms with E-state index in [1.54, 1.807) is 0 Å². The molecular formula is C12H17N3O. The van der Waals surface area contributed by atoms with Crippen LogP contribution in [0.5, 0.6) is 0 Å². The summed E-state index contributed by atoms with van der Waals surface area (Å²) < 4.78 is 2.08. The standard InChI is InChI=1S/C12H17N3O/c1-9-13-11-6-10(7-14(2)8-16)4-5-12(11)15(9)3/h4-6,16H,7-8H2,1-3H3. The second-order valence-corrected chi connectivity index (χ2v) is 4.20. The highest BCUT2D eigenvalue weighted by atomic mass is 16.3. The number of hydrogen-bond acceptors (Lipinski definition) is 3. The molecule has 0 fully saturated rings. The minimum absolute atomic E-state index is 0.0687. The van der Waals surface area contributed by atoms with Crippen LogP contribution in [-0.4, -0.2) is 33.3 Å². The molecule has 1 N–H and O–H groups in total. The SMILES string of the molecule is Cc1nc2cc(CN(C)CO)ccc2n1C. The molecule has 0 atom stereocenters. The number of hydrogen-bond donors (Lipinski definition) is 1. The van der Waals surface area contributed by atoms with E-state index in [0.29, 0.717) is 0 Å². The maximum absolute atomic E-state index is 8.96. The lowest BCUT2D eigenvalue weighted by molar-refractivity contribution is 0.127. The Bertz CT molecular complexity index is 504. The molecule has 0 amide bonds. The predicted molar refractivity (Wildman–Crippen MR) is 64.0 cm³/mol. The Morgan fingerprint density at radius 2 is 2.19 bits per heavy atom. The third-order valence-corrected chi connectivity index (χ3v) is 2.86. The van der Waals surface area contributed by atoms with E-state index in [1.165, 1.54) is 5.56 Å². The summed E-state index contributed by atoms with van der Waals surface area (Å²) >= 11 is 0. The molecule has 0 aliphatic carbocycles. The zero-order valence-electron chi connectivity index (χ0n) is 9.94. The molecule has 86 valence electrons. The van der Waals surface area contributed by atoms with Crippen molar-refractivity contribution in [3.63, 3.8) is 0 Å². The molecular weight excluding hydrogens is 202 g/mol. The molecule has 16 heavy (non-hydrogen) atoms. The van der Waals surface area contributed by atoms with Gasteiger partial charge in [-0.3, -0.25) is 4.90 Å². The van der Waals surface area contributed by atoms with Crippen LogP contribution in [0.4, 0.5) is 0 Å². The van der Waals surface area contributed by atoms with Crippen LogP contribution < -0.4 is 0 Å². The van der Waals surface area contributed by atoms with E-state index < -0.39 is 0 Å². The first-order valence-electron chi connectivity index (χ1n) is 5.33. The van der Waals surface area contributed by atoms with Gasteiger partial charge in [0.15, 0.2) is 0 Å². The average Bonchev–Trinajstić information content (AvgIpc) is 2.54. The summed E-state index contributed by atoms with van der Waals surface area (Å²) in [6, 6.07) is 6.24. The maximum atomic E-state index is 8.96. The molecule has 1 aromatic heterocycles. The molecule has 0 saturated heterocycles. The van der Waals surface area contributed by atoms with Gasteiger partial charge in [0.1, 0.15) is 5.82 Å². The summed E-state index contributed by atoms with van der Waals surface area (Å²) in [6.45, 7) is 2.81. The minimum atomic E-state index is 0.0687. The normalized spacial score (nSPS) is 11.6. The first kappa shape index (κ1) is 11.1. The fraction of sp³-hybridized carbons (Fsp3) is 0.417. The zero-order valence-corrected chi connectivity index (χ0v) is 9.94. The van der Waals surface area contributed by atoms with Gasteiger partial charge in [-0.15, -0.1) is 0 Å². The number of aryl methyl sites for hydroxylation is 2. The molecule has 4 nitrogen and oxygen atoms in total. The summed E-state index contributed by atoms with van der Waals surface area (Å²) in [7, 11) is 3.90. The van der Waals surface area contributed by atoms with E-state index in [0.717, 1.165) is 23.4 Å². The zero-order chi connectivity index (χ0) is 11.7. The van der Waals surface area contributed by atoms with Gasteiger partial charge in [-0.25, -0.2) is 4.98 Å². The van der Waals surface area contributed by atoms with Crippen molar-refractivity contribution in [3.05, 3.63) is 29.6 Å². The summed E-state index contributed by atoms with van der Waals surface area (Å²) in [5, 5.41) is 8.96. The lowest BCUT2D eigenvalue weighted by Crippen LogP contribution is -2.18. The third-order valence-electron chi connectivity index (χ3n) is 2.86. The van der Waals surface area contributed by atoms with Gasteiger partial charge in [0.05, 0.1) is 17.8 Å². The van der Waals surface area contributed by atoms with Crippen molar-refractivity contribution >= 4 is 11.0 Å². The lowest BCUT2D eigenvalue weighted by atomic mass is 10.2. The van der Waals surface area contributed by atoms with Gasteiger partial charge in [0.25, 0.3) is 0 Å². The van der Waals surface area contributed by atoms with Crippen molar-refractivity contribution in [1.29, 1.82) is 0 Å². The summed E-state index contributed by atoms with van der Waals surface area (Å²) in [6.07, 6.45) is 0. The van der Waals surface area contributed by atoms with Crippen LogP contribution in [0.3, 0.4) is 0 Å². The van der Waals surface area contributed by atoms with E-state index in [9.17, 15) is 0 Å². The van der Waals surface area contributed by atoms with E-state index >= 15 is 0 Å². The highest BCUT2D eigenvalue weighted by Crippen LogP contribution is 2.17. The van der Waals surface area contributed by atoms with E-state index in [1.807, 2.05) is 25.9 Å². The van der Waals surface area contributed by atoms with Crippen LogP contribution in [0.25, 0.3) is 11.0 Å². The van der Waals surface area contributed by atoms with E-state index in [2.05, 4.69) is 27.8 Å². The maximum Gasteiger partial charge on any atom is 0.106 e. The van der Waals surface area contributed by atoms with Crippen LogP contribution >= 0.6 is 0 Å². The van der Waals surface area contributed by atoms with Crippen molar-refractivity contribution in [2.45, 2.75) is 13.5 Å². The minimum Gasteiger partial charge on any atom is -0.381 e. The summed E-state index contributed by atoms with van der Waals surface area (Å²) in [5.41, 5.74) is 3.33.